The Labute approximate surface area is 81.0 Å². The fourth-order valence-corrected chi connectivity index (χ4v) is 1.51. The van der Waals surface area contributed by atoms with Gasteiger partial charge in [0, 0.05) is 13.2 Å². The first kappa shape index (κ1) is 9.99. The average Bonchev–Trinajstić information content (AvgIpc) is 2.49. The maximum absolute atomic E-state index is 10.9. The molecule has 3 nitrogen and oxygen atoms in total. The lowest BCUT2D eigenvalue weighted by atomic mass is 10.0. The number of carbonyl (C=O) groups is 1. The van der Waals surface area contributed by atoms with Gasteiger partial charge in [-0.15, -0.1) is 0 Å². The molecule has 0 bridgehead atoms. The van der Waals surface area contributed by atoms with Gasteiger partial charge in [0.15, 0.2) is 0 Å². The van der Waals surface area contributed by atoms with Gasteiger partial charge in [0.25, 0.3) is 0 Å². The summed E-state index contributed by atoms with van der Waals surface area (Å²) in [5.41, 5.74) is -0.127. The van der Waals surface area contributed by atoms with Crippen molar-refractivity contribution in [3.8, 4) is 0 Å². The molecule has 0 aromatic heterocycles. The van der Waals surface area contributed by atoms with Crippen LogP contribution in [0.5, 0.6) is 0 Å². The molecule has 12 heavy (non-hydrogen) atoms. The van der Waals surface area contributed by atoms with Crippen LogP contribution in [0.15, 0.2) is 0 Å². The second kappa shape index (κ2) is 4.23. The summed E-state index contributed by atoms with van der Waals surface area (Å²) in [7, 11) is 0. The summed E-state index contributed by atoms with van der Waals surface area (Å²) in [6.07, 6.45) is 2.14. The average molecular weight is 236 g/mol. The Kier molecular flexibility index (Phi) is 3.53. The van der Waals surface area contributed by atoms with Crippen molar-refractivity contribution in [1.82, 2.24) is 5.32 Å². The summed E-state index contributed by atoms with van der Waals surface area (Å²) in [5, 5.41) is 3.17. The number of ether oxygens (including phenoxy) is 1. The number of amides is 1. The molecule has 1 fully saturated rings. The standard InChI is InChI=1S/C8H14BrNO2/c1-8(3-2-4-12-8)6-10-7(11)5-9/h2-6H2,1H3,(H,10,11). The number of rotatable bonds is 3. The third-order valence-electron chi connectivity index (χ3n) is 2.08. The number of carbonyl (C=O) groups excluding carboxylic acids is 1. The van der Waals surface area contributed by atoms with Crippen LogP contribution >= 0.6 is 15.9 Å². The van der Waals surface area contributed by atoms with E-state index >= 15 is 0 Å². The molecule has 1 rings (SSSR count). The summed E-state index contributed by atoms with van der Waals surface area (Å²) in [5.74, 6) is 0.0201. The Morgan fingerprint density at radius 1 is 1.75 bits per heavy atom. The summed E-state index contributed by atoms with van der Waals surface area (Å²) < 4.78 is 5.51. The first-order valence-corrected chi connectivity index (χ1v) is 5.25. The van der Waals surface area contributed by atoms with Gasteiger partial charge in [-0.2, -0.15) is 0 Å². The minimum atomic E-state index is -0.127. The van der Waals surface area contributed by atoms with E-state index in [-0.39, 0.29) is 11.5 Å². The predicted octanol–water partition coefficient (Wildman–Crippen LogP) is 1.07. The molecule has 4 heteroatoms. The lowest BCUT2D eigenvalue weighted by Gasteiger charge is -2.22. The maximum atomic E-state index is 10.9. The molecule has 1 aliphatic heterocycles. The van der Waals surface area contributed by atoms with Gasteiger partial charge in [-0.25, -0.2) is 0 Å². The molecule has 1 atom stereocenters. The van der Waals surface area contributed by atoms with Crippen LogP contribution < -0.4 is 5.32 Å². The molecule has 1 unspecified atom stereocenters. The zero-order valence-electron chi connectivity index (χ0n) is 7.23. The Balaban J connectivity index is 2.25. The van der Waals surface area contributed by atoms with Crippen LogP contribution in [0.3, 0.4) is 0 Å². The van der Waals surface area contributed by atoms with Crippen molar-refractivity contribution in [3.63, 3.8) is 0 Å². The van der Waals surface area contributed by atoms with Crippen molar-refractivity contribution >= 4 is 21.8 Å². The molecule has 0 aliphatic carbocycles. The number of halogens is 1. The minimum Gasteiger partial charge on any atom is -0.373 e. The summed E-state index contributed by atoms with van der Waals surface area (Å²) >= 11 is 3.09. The third kappa shape index (κ3) is 2.75. The molecule has 0 aromatic rings. The molecule has 1 N–H and O–H groups in total. The Morgan fingerprint density at radius 2 is 2.50 bits per heavy atom. The molecule has 0 saturated carbocycles. The lowest BCUT2D eigenvalue weighted by Crippen LogP contribution is -2.40. The SMILES string of the molecule is CC1(CNC(=O)CBr)CCCO1. The zero-order chi connectivity index (χ0) is 9.03. The summed E-state index contributed by atoms with van der Waals surface area (Å²) in [6.45, 7) is 3.48. The van der Waals surface area contributed by atoms with Gasteiger partial charge in [-0.05, 0) is 19.8 Å². The van der Waals surface area contributed by atoms with Gasteiger partial charge < -0.3 is 10.1 Å². The van der Waals surface area contributed by atoms with Crippen LogP contribution in [-0.2, 0) is 9.53 Å². The van der Waals surface area contributed by atoms with E-state index in [2.05, 4.69) is 21.2 Å². The second-order valence-corrected chi connectivity index (χ2v) is 3.87. The van der Waals surface area contributed by atoms with Gasteiger partial charge in [0.1, 0.15) is 0 Å². The van der Waals surface area contributed by atoms with Gasteiger partial charge >= 0.3 is 0 Å². The van der Waals surface area contributed by atoms with Crippen LogP contribution in [0.2, 0.25) is 0 Å². The van der Waals surface area contributed by atoms with Gasteiger partial charge in [0.05, 0.1) is 10.9 Å². The highest BCUT2D eigenvalue weighted by Gasteiger charge is 2.29. The smallest absolute Gasteiger partial charge is 0.230 e. The van der Waals surface area contributed by atoms with Crippen LogP contribution in [-0.4, -0.2) is 30.0 Å². The maximum Gasteiger partial charge on any atom is 0.230 e. The van der Waals surface area contributed by atoms with Gasteiger partial charge in [-0.3, -0.25) is 4.79 Å². The molecule has 1 heterocycles. The number of nitrogens with one attached hydrogen (secondary N) is 1. The monoisotopic (exact) mass is 235 g/mol. The van der Waals surface area contributed by atoms with E-state index in [4.69, 9.17) is 4.74 Å². The molecule has 1 amide bonds. The van der Waals surface area contributed by atoms with Crippen LogP contribution in [0, 0.1) is 0 Å². The normalized spacial score (nSPS) is 28.8. The zero-order valence-corrected chi connectivity index (χ0v) is 8.82. The Morgan fingerprint density at radius 3 is 3.00 bits per heavy atom. The molecular weight excluding hydrogens is 222 g/mol. The fourth-order valence-electron chi connectivity index (χ4n) is 1.31. The van der Waals surface area contributed by atoms with Crippen LogP contribution in [0.25, 0.3) is 0 Å². The molecule has 70 valence electrons. The van der Waals surface area contributed by atoms with Crippen LogP contribution in [0.1, 0.15) is 19.8 Å². The Bertz CT molecular complexity index is 166. The van der Waals surface area contributed by atoms with E-state index in [1.165, 1.54) is 0 Å². The highest BCUT2D eigenvalue weighted by Crippen LogP contribution is 2.23. The van der Waals surface area contributed by atoms with E-state index in [0.717, 1.165) is 19.4 Å². The van der Waals surface area contributed by atoms with Gasteiger partial charge in [-0.1, -0.05) is 15.9 Å². The molecular formula is C8H14BrNO2. The van der Waals surface area contributed by atoms with Crippen molar-refractivity contribution in [3.05, 3.63) is 0 Å². The topological polar surface area (TPSA) is 38.3 Å². The van der Waals surface area contributed by atoms with E-state index in [0.29, 0.717) is 11.9 Å². The van der Waals surface area contributed by atoms with Crippen molar-refractivity contribution in [2.24, 2.45) is 0 Å². The lowest BCUT2D eigenvalue weighted by molar-refractivity contribution is -0.119. The van der Waals surface area contributed by atoms with E-state index in [1.54, 1.807) is 0 Å². The highest BCUT2D eigenvalue weighted by molar-refractivity contribution is 9.09. The van der Waals surface area contributed by atoms with Crippen molar-refractivity contribution in [2.75, 3.05) is 18.5 Å². The molecule has 1 aliphatic rings. The quantitative estimate of drug-likeness (QED) is 0.744. The molecule has 0 aromatic carbocycles. The number of alkyl halides is 1. The molecule has 0 radical (unpaired) electrons. The highest BCUT2D eigenvalue weighted by atomic mass is 79.9. The first-order chi connectivity index (χ1) is 5.66. The van der Waals surface area contributed by atoms with Crippen molar-refractivity contribution in [1.29, 1.82) is 0 Å². The van der Waals surface area contributed by atoms with Crippen molar-refractivity contribution < 1.29 is 9.53 Å². The van der Waals surface area contributed by atoms with E-state index in [1.807, 2.05) is 6.92 Å². The number of hydrogen-bond acceptors (Lipinski definition) is 2. The minimum absolute atomic E-state index is 0.0201. The summed E-state index contributed by atoms with van der Waals surface area (Å²) in [4.78, 5) is 10.9. The summed E-state index contributed by atoms with van der Waals surface area (Å²) in [6, 6.07) is 0. The van der Waals surface area contributed by atoms with E-state index < -0.39 is 0 Å². The van der Waals surface area contributed by atoms with E-state index in [9.17, 15) is 4.79 Å². The largest absolute Gasteiger partial charge is 0.373 e. The van der Waals surface area contributed by atoms with Gasteiger partial charge in [0.2, 0.25) is 5.91 Å². The third-order valence-corrected chi connectivity index (χ3v) is 2.59. The first-order valence-electron chi connectivity index (χ1n) is 4.13. The predicted molar refractivity (Wildman–Crippen MR) is 50.4 cm³/mol. The van der Waals surface area contributed by atoms with Crippen molar-refractivity contribution in [2.45, 2.75) is 25.4 Å². The number of hydrogen-bond donors (Lipinski definition) is 1. The second-order valence-electron chi connectivity index (χ2n) is 3.31. The molecule has 1 saturated heterocycles. The molecule has 0 spiro atoms. The fraction of sp³-hybridized carbons (Fsp3) is 0.875. The Hall–Kier alpha value is -0.0900. The van der Waals surface area contributed by atoms with Crippen LogP contribution in [0.4, 0.5) is 0 Å².